The molecule has 0 aliphatic carbocycles. The van der Waals surface area contributed by atoms with Crippen LogP contribution in [-0.2, 0) is 19.1 Å². The van der Waals surface area contributed by atoms with E-state index >= 15 is 0 Å². The average Bonchev–Trinajstić information content (AvgIpc) is 2.57. The molecule has 0 aromatic heterocycles. The number of morpholine rings is 1. The molecule has 0 bridgehead atoms. The first kappa shape index (κ1) is 19.1. The van der Waals surface area contributed by atoms with Crippen LogP contribution in [0.2, 0.25) is 0 Å². The van der Waals surface area contributed by atoms with Crippen molar-refractivity contribution >= 4 is 11.8 Å². The fourth-order valence-corrected chi connectivity index (χ4v) is 3.02. The smallest absolute Gasteiger partial charge is 0.236 e. The van der Waals surface area contributed by atoms with Crippen LogP contribution in [0.25, 0.3) is 0 Å². The molecule has 8 heteroatoms. The van der Waals surface area contributed by atoms with Crippen LogP contribution in [0, 0.1) is 0 Å². The van der Waals surface area contributed by atoms with E-state index in [0.29, 0.717) is 46.0 Å². The molecule has 2 aliphatic heterocycles. The summed E-state index contributed by atoms with van der Waals surface area (Å²) < 4.78 is 10.3. The first-order valence-corrected chi connectivity index (χ1v) is 8.67. The van der Waals surface area contributed by atoms with E-state index in [2.05, 4.69) is 15.1 Å². The predicted molar refractivity (Wildman–Crippen MR) is 89.8 cm³/mol. The molecule has 1 atom stereocenters. The van der Waals surface area contributed by atoms with Gasteiger partial charge in [0, 0.05) is 52.4 Å². The van der Waals surface area contributed by atoms with Crippen molar-refractivity contribution in [1.29, 1.82) is 0 Å². The molecule has 138 valence electrons. The Morgan fingerprint density at radius 2 is 1.62 bits per heavy atom. The summed E-state index contributed by atoms with van der Waals surface area (Å²) in [5.74, 6) is 0.204. The van der Waals surface area contributed by atoms with Crippen molar-refractivity contribution in [2.24, 2.45) is 0 Å². The number of rotatable bonds is 7. The highest BCUT2D eigenvalue weighted by molar-refractivity contribution is 5.79. The van der Waals surface area contributed by atoms with Gasteiger partial charge in [0.2, 0.25) is 11.8 Å². The van der Waals surface area contributed by atoms with Gasteiger partial charge in [0.15, 0.2) is 0 Å². The first-order chi connectivity index (χ1) is 11.6. The van der Waals surface area contributed by atoms with Crippen molar-refractivity contribution in [2.75, 3.05) is 79.3 Å². The number of nitrogens with zero attached hydrogens (tertiary/aromatic N) is 3. The van der Waals surface area contributed by atoms with E-state index < -0.39 is 0 Å². The summed E-state index contributed by atoms with van der Waals surface area (Å²) in [5.41, 5.74) is 0. The Morgan fingerprint density at radius 3 is 2.21 bits per heavy atom. The van der Waals surface area contributed by atoms with Gasteiger partial charge in [-0.1, -0.05) is 0 Å². The standard InChI is InChI=1S/C16H30N4O4/c1-14(13-23-2)17-15(21)11-18-3-5-19(6-4-18)12-16(22)20-7-9-24-10-8-20/h14H,3-13H2,1-2H3,(H,17,21). The van der Waals surface area contributed by atoms with E-state index in [0.717, 1.165) is 26.2 Å². The van der Waals surface area contributed by atoms with E-state index in [1.54, 1.807) is 7.11 Å². The van der Waals surface area contributed by atoms with Crippen LogP contribution in [0.15, 0.2) is 0 Å². The minimum absolute atomic E-state index is 0.0231. The average molecular weight is 342 g/mol. The molecule has 2 saturated heterocycles. The van der Waals surface area contributed by atoms with Crippen molar-refractivity contribution in [2.45, 2.75) is 13.0 Å². The van der Waals surface area contributed by atoms with Crippen LogP contribution in [-0.4, -0.2) is 112 Å². The maximum absolute atomic E-state index is 12.2. The molecule has 2 fully saturated rings. The Labute approximate surface area is 144 Å². The Bertz CT molecular complexity index is 407. The zero-order chi connectivity index (χ0) is 17.4. The molecule has 0 aromatic rings. The Hall–Kier alpha value is -1.22. The Kier molecular flexibility index (Phi) is 7.90. The minimum atomic E-state index is 0.0231. The number of amides is 2. The number of methoxy groups -OCH3 is 1. The maximum atomic E-state index is 12.2. The van der Waals surface area contributed by atoms with Gasteiger partial charge in [-0.05, 0) is 6.92 Å². The van der Waals surface area contributed by atoms with Gasteiger partial charge in [0.1, 0.15) is 0 Å². The normalized spacial score (nSPS) is 21.5. The lowest BCUT2D eigenvalue weighted by Crippen LogP contribution is -2.53. The van der Waals surface area contributed by atoms with Gasteiger partial charge >= 0.3 is 0 Å². The lowest BCUT2D eigenvalue weighted by Gasteiger charge is -2.35. The van der Waals surface area contributed by atoms with Gasteiger partial charge in [-0.2, -0.15) is 0 Å². The van der Waals surface area contributed by atoms with Crippen molar-refractivity contribution in [1.82, 2.24) is 20.0 Å². The van der Waals surface area contributed by atoms with E-state index in [9.17, 15) is 9.59 Å². The van der Waals surface area contributed by atoms with E-state index in [4.69, 9.17) is 9.47 Å². The molecule has 2 heterocycles. The zero-order valence-electron chi connectivity index (χ0n) is 14.8. The number of carbonyl (C=O) groups is 2. The summed E-state index contributed by atoms with van der Waals surface area (Å²) in [6.45, 7) is 9.21. The lowest BCUT2D eigenvalue weighted by atomic mass is 10.3. The highest BCUT2D eigenvalue weighted by Gasteiger charge is 2.23. The highest BCUT2D eigenvalue weighted by atomic mass is 16.5. The number of hydrogen-bond donors (Lipinski definition) is 1. The maximum Gasteiger partial charge on any atom is 0.236 e. The second-order valence-electron chi connectivity index (χ2n) is 6.47. The third-order valence-electron chi connectivity index (χ3n) is 4.38. The number of piperazine rings is 1. The van der Waals surface area contributed by atoms with Crippen LogP contribution in [0.5, 0.6) is 0 Å². The van der Waals surface area contributed by atoms with E-state index in [-0.39, 0.29) is 17.9 Å². The Morgan fingerprint density at radius 1 is 1.04 bits per heavy atom. The van der Waals surface area contributed by atoms with Crippen molar-refractivity contribution in [3.63, 3.8) is 0 Å². The van der Waals surface area contributed by atoms with Gasteiger partial charge in [-0.3, -0.25) is 19.4 Å². The topological polar surface area (TPSA) is 74.4 Å². The molecule has 2 aliphatic rings. The molecule has 2 rings (SSSR count). The molecular weight excluding hydrogens is 312 g/mol. The zero-order valence-corrected chi connectivity index (χ0v) is 14.8. The van der Waals surface area contributed by atoms with E-state index in [1.807, 2.05) is 11.8 Å². The van der Waals surface area contributed by atoms with Crippen molar-refractivity contribution in [3.05, 3.63) is 0 Å². The van der Waals surface area contributed by atoms with E-state index in [1.165, 1.54) is 0 Å². The van der Waals surface area contributed by atoms with Gasteiger partial charge in [-0.25, -0.2) is 0 Å². The monoisotopic (exact) mass is 342 g/mol. The lowest BCUT2D eigenvalue weighted by molar-refractivity contribution is -0.137. The van der Waals surface area contributed by atoms with Gasteiger partial charge in [0.05, 0.1) is 32.9 Å². The number of carbonyl (C=O) groups excluding carboxylic acids is 2. The summed E-state index contributed by atoms with van der Waals surface area (Å²) in [4.78, 5) is 30.4. The molecule has 0 spiro atoms. The first-order valence-electron chi connectivity index (χ1n) is 8.67. The second-order valence-corrected chi connectivity index (χ2v) is 6.47. The SMILES string of the molecule is COCC(C)NC(=O)CN1CCN(CC(=O)N2CCOCC2)CC1. The Balaban J connectivity index is 1.64. The summed E-state index contributed by atoms with van der Waals surface area (Å²) in [7, 11) is 1.63. The minimum Gasteiger partial charge on any atom is -0.383 e. The molecular formula is C16H30N4O4. The summed E-state index contributed by atoms with van der Waals surface area (Å²) in [6.07, 6.45) is 0. The van der Waals surface area contributed by atoms with Gasteiger partial charge in [0.25, 0.3) is 0 Å². The summed E-state index contributed by atoms with van der Waals surface area (Å²) >= 11 is 0. The third kappa shape index (κ3) is 6.35. The molecule has 1 unspecified atom stereocenters. The fraction of sp³-hybridized carbons (Fsp3) is 0.875. The number of hydrogen-bond acceptors (Lipinski definition) is 6. The largest absolute Gasteiger partial charge is 0.383 e. The van der Waals surface area contributed by atoms with Gasteiger partial charge < -0.3 is 19.7 Å². The van der Waals surface area contributed by atoms with Gasteiger partial charge in [-0.15, -0.1) is 0 Å². The highest BCUT2D eigenvalue weighted by Crippen LogP contribution is 2.04. The number of ether oxygens (including phenoxy) is 2. The second kappa shape index (κ2) is 9.93. The molecule has 24 heavy (non-hydrogen) atoms. The molecule has 1 N–H and O–H groups in total. The van der Waals surface area contributed by atoms with Crippen LogP contribution in [0.1, 0.15) is 6.92 Å². The molecule has 0 radical (unpaired) electrons. The quantitative estimate of drug-likeness (QED) is 0.614. The predicted octanol–water partition coefficient (Wildman–Crippen LogP) is -1.39. The molecule has 0 saturated carbocycles. The van der Waals surface area contributed by atoms with Crippen LogP contribution >= 0.6 is 0 Å². The molecule has 2 amide bonds. The number of nitrogens with one attached hydrogen (secondary N) is 1. The van der Waals surface area contributed by atoms with Crippen LogP contribution in [0.3, 0.4) is 0 Å². The summed E-state index contributed by atoms with van der Waals surface area (Å²) in [5, 5.41) is 2.92. The third-order valence-corrected chi connectivity index (χ3v) is 4.38. The van der Waals surface area contributed by atoms with Crippen LogP contribution in [0.4, 0.5) is 0 Å². The van der Waals surface area contributed by atoms with Crippen LogP contribution < -0.4 is 5.32 Å². The fourth-order valence-electron chi connectivity index (χ4n) is 3.02. The summed E-state index contributed by atoms with van der Waals surface area (Å²) in [6, 6.07) is 0.0231. The van der Waals surface area contributed by atoms with Crippen molar-refractivity contribution < 1.29 is 19.1 Å². The van der Waals surface area contributed by atoms with Crippen molar-refractivity contribution in [3.8, 4) is 0 Å². The molecule has 8 nitrogen and oxygen atoms in total. The molecule has 0 aromatic carbocycles.